The molecule has 0 unspecified atom stereocenters. The van der Waals surface area contributed by atoms with Crippen LogP contribution in [0, 0.1) is 11.7 Å². The molecule has 4 nitrogen and oxygen atoms in total. The van der Waals surface area contributed by atoms with Gasteiger partial charge in [-0.15, -0.1) is 11.3 Å². The summed E-state index contributed by atoms with van der Waals surface area (Å²) < 4.78 is 13.2. The van der Waals surface area contributed by atoms with E-state index in [0.717, 1.165) is 42.5 Å². The lowest BCUT2D eigenvalue weighted by Crippen LogP contribution is -2.46. The molecule has 6 heteroatoms. The fourth-order valence-electron chi connectivity index (χ4n) is 3.54. The quantitative estimate of drug-likeness (QED) is 0.666. The number of carbonyl (C=O) groups excluding carboxylic acids is 2. The van der Waals surface area contributed by atoms with Crippen molar-refractivity contribution < 1.29 is 14.0 Å². The highest BCUT2D eigenvalue weighted by Gasteiger charge is 2.39. The molecule has 2 saturated carbocycles. The topological polar surface area (TPSA) is 40.6 Å². The van der Waals surface area contributed by atoms with Gasteiger partial charge < -0.3 is 9.80 Å². The fourth-order valence-corrected chi connectivity index (χ4v) is 4.26. The Morgan fingerprint density at radius 3 is 2.36 bits per heavy atom. The van der Waals surface area contributed by atoms with Crippen molar-refractivity contribution in [3.05, 3.63) is 58.0 Å². The minimum atomic E-state index is -0.286. The van der Waals surface area contributed by atoms with Crippen LogP contribution in [0.3, 0.4) is 0 Å². The highest BCUT2D eigenvalue weighted by molar-refractivity contribution is 7.09. The van der Waals surface area contributed by atoms with Gasteiger partial charge >= 0.3 is 0 Å². The Balaban J connectivity index is 1.47. The first-order valence-corrected chi connectivity index (χ1v) is 10.8. The van der Waals surface area contributed by atoms with Crippen LogP contribution in [0.2, 0.25) is 0 Å². The first-order valence-electron chi connectivity index (χ1n) is 9.95. The molecule has 1 aromatic carbocycles. The largest absolute Gasteiger partial charge is 0.332 e. The predicted octanol–water partition coefficient (Wildman–Crippen LogP) is 4.21. The standard InChI is InChI=1S/C22H25FN2O2S/c23-18-8-6-16(7-9-18)13-24(14-20-5-2-12-28-20)21(26)15-25(19-10-11-19)22(27)17-3-1-4-17/h2,5-9,12,17,19H,1,3-4,10-11,13-15H2. The Morgan fingerprint density at radius 1 is 1.04 bits per heavy atom. The molecule has 1 heterocycles. The van der Waals surface area contributed by atoms with Crippen molar-refractivity contribution in [3.63, 3.8) is 0 Å². The van der Waals surface area contributed by atoms with Gasteiger partial charge in [-0.1, -0.05) is 24.6 Å². The van der Waals surface area contributed by atoms with Crippen molar-refractivity contribution in [3.8, 4) is 0 Å². The Kier molecular flexibility index (Phi) is 5.76. The van der Waals surface area contributed by atoms with Crippen LogP contribution in [0.5, 0.6) is 0 Å². The maximum atomic E-state index is 13.2. The molecule has 2 fully saturated rings. The normalized spacial score (nSPS) is 16.5. The summed E-state index contributed by atoms with van der Waals surface area (Å²) >= 11 is 1.61. The molecule has 1 aromatic heterocycles. The number of halogens is 1. The van der Waals surface area contributed by atoms with E-state index in [2.05, 4.69) is 0 Å². The smallest absolute Gasteiger partial charge is 0.242 e. The molecule has 0 bridgehead atoms. The molecule has 2 aliphatic carbocycles. The first-order chi connectivity index (χ1) is 13.6. The molecule has 28 heavy (non-hydrogen) atoms. The maximum absolute atomic E-state index is 13.2. The third-order valence-electron chi connectivity index (χ3n) is 5.60. The third kappa shape index (κ3) is 4.61. The Bertz CT molecular complexity index is 814. The van der Waals surface area contributed by atoms with E-state index in [-0.39, 0.29) is 36.1 Å². The molecule has 2 aromatic rings. The maximum Gasteiger partial charge on any atom is 0.242 e. The zero-order valence-electron chi connectivity index (χ0n) is 15.9. The molecule has 2 aliphatic rings. The third-order valence-corrected chi connectivity index (χ3v) is 6.46. The van der Waals surface area contributed by atoms with E-state index in [0.29, 0.717) is 13.1 Å². The lowest BCUT2D eigenvalue weighted by atomic mass is 9.84. The number of amides is 2. The lowest BCUT2D eigenvalue weighted by molar-refractivity contribution is -0.145. The van der Waals surface area contributed by atoms with Crippen LogP contribution in [-0.2, 0) is 22.7 Å². The Hall–Kier alpha value is -2.21. The van der Waals surface area contributed by atoms with E-state index < -0.39 is 0 Å². The second kappa shape index (κ2) is 8.43. The Labute approximate surface area is 169 Å². The summed E-state index contributed by atoms with van der Waals surface area (Å²) in [5, 5.41) is 1.99. The monoisotopic (exact) mass is 400 g/mol. The molecule has 0 spiro atoms. The SMILES string of the molecule is O=C(CN(C(=O)C1CCC1)C1CC1)N(Cc1ccc(F)cc1)Cc1cccs1. The van der Waals surface area contributed by atoms with Gasteiger partial charge in [0.15, 0.2) is 0 Å². The molecule has 2 amide bonds. The summed E-state index contributed by atoms with van der Waals surface area (Å²) in [4.78, 5) is 30.7. The zero-order valence-corrected chi connectivity index (χ0v) is 16.7. The van der Waals surface area contributed by atoms with Crippen LogP contribution in [0.25, 0.3) is 0 Å². The van der Waals surface area contributed by atoms with Gasteiger partial charge in [0.1, 0.15) is 12.4 Å². The second-order valence-electron chi connectivity index (χ2n) is 7.78. The fraction of sp³-hybridized carbons (Fsp3) is 0.455. The number of carbonyl (C=O) groups is 2. The van der Waals surface area contributed by atoms with Gasteiger partial charge in [0.25, 0.3) is 0 Å². The number of benzene rings is 1. The van der Waals surface area contributed by atoms with Crippen LogP contribution in [0.4, 0.5) is 4.39 Å². The van der Waals surface area contributed by atoms with Crippen molar-refractivity contribution in [2.75, 3.05) is 6.54 Å². The Morgan fingerprint density at radius 2 is 1.79 bits per heavy atom. The predicted molar refractivity (Wildman–Crippen MR) is 107 cm³/mol. The van der Waals surface area contributed by atoms with Crippen molar-refractivity contribution in [1.82, 2.24) is 9.80 Å². The second-order valence-corrected chi connectivity index (χ2v) is 8.81. The van der Waals surface area contributed by atoms with Crippen LogP contribution >= 0.6 is 11.3 Å². The zero-order chi connectivity index (χ0) is 19.5. The highest BCUT2D eigenvalue weighted by Crippen LogP contribution is 2.34. The first kappa shape index (κ1) is 19.1. The van der Waals surface area contributed by atoms with E-state index in [1.165, 1.54) is 12.1 Å². The van der Waals surface area contributed by atoms with Gasteiger partial charge in [0.2, 0.25) is 11.8 Å². The highest BCUT2D eigenvalue weighted by atomic mass is 32.1. The molecule has 0 N–H and O–H groups in total. The average molecular weight is 401 g/mol. The van der Waals surface area contributed by atoms with E-state index in [4.69, 9.17) is 0 Å². The van der Waals surface area contributed by atoms with Crippen LogP contribution in [0.15, 0.2) is 41.8 Å². The van der Waals surface area contributed by atoms with Crippen LogP contribution in [-0.4, -0.2) is 34.2 Å². The van der Waals surface area contributed by atoms with E-state index in [9.17, 15) is 14.0 Å². The van der Waals surface area contributed by atoms with Crippen molar-refractivity contribution in [1.29, 1.82) is 0 Å². The van der Waals surface area contributed by atoms with Gasteiger partial charge in [-0.25, -0.2) is 4.39 Å². The molecular weight excluding hydrogens is 375 g/mol. The number of hydrogen-bond acceptors (Lipinski definition) is 3. The van der Waals surface area contributed by atoms with Crippen LogP contribution in [0.1, 0.15) is 42.5 Å². The molecule has 0 saturated heterocycles. The summed E-state index contributed by atoms with van der Waals surface area (Å²) in [5.41, 5.74) is 0.884. The molecular formula is C22H25FN2O2S. The summed E-state index contributed by atoms with van der Waals surface area (Å²) in [6.07, 6.45) is 5.00. The molecule has 4 rings (SSSR count). The summed E-state index contributed by atoms with van der Waals surface area (Å²) in [6.45, 7) is 1.06. The van der Waals surface area contributed by atoms with Gasteiger partial charge in [-0.2, -0.15) is 0 Å². The van der Waals surface area contributed by atoms with Crippen molar-refractivity contribution in [2.45, 2.75) is 51.2 Å². The molecule has 0 aliphatic heterocycles. The summed E-state index contributed by atoms with van der Waals surface area (Å²) in [5.74, 6) is -0.0700. The molecule has 0 atom stereocenters. The van der Waals surface area contributed by atoms with Gasteiger partial charge in [-0.3, -0.25) is 9.59 Å². The average Bonchev–Trinajstić information content (AvgIpc) is 3.35. The van der Waals surface area contributed by atoms with E-state index in [1.807, 2.05) is 22.4 Å². The van der Waals surface area contributed by atoms with Gasteiger partial charge in [0.05, 0.1) is 6.54 Å². The molecule has 148 valence electrons. The number of thiophene rings is 1. The summed E-state index contributed by atoms with van der Waals surface area (Å²) in [6, 6.07) is 10.5. The lowest BCUT2D eigenvalue weighted by Gasteiger charge is -2.33. The summed E-state index contributed by atoms with van der Waals surface area (Å²) in [7, 11) is 0. The van der Waals surface area contributed by atoms with Gasteiger partial charge in [-0.05, 0) is 54.8 Å². The van der Waals surface area contributed by atoms with Gasteiger partial charge in [0, 0.05) is 23.4 Å². The number of rotatable bonds is 8. The van der Waals surface area contributed by atoms with Crippen molar-refractivity contribution in [2.24, 2.45) is 5.92 Å². The van der Waals surface area contributed by atoms with E-state index >= 15 is 0 Å². The van der Waals surface area contributed by atoms with Crippen LogP contribution < -0.4 is 0 Å². The van der Waals surface area contributed by atoms with Crippen molar-refractivity contribution >= 4 is 23.2 Å². The minimum Gasteiger partial charge on any atom is -0.332 e. The number of hydrogen-bond donors (Lipinski definition) is 0. The molecule has 0 radical (unpaired) electrons. The minimum absolute atomic E-state index is 0.0442. The number of nitrogens with zero attached hydrogens (tertiary/aromatic N) is 2. The van der Waals surface area contributed by atoms with E-state index in [1.54, 1.807) is 28.4 Å².